The Balaban J connectivity index is 1.87. The fourth-order valence-corrected chi connectivity index (χ4v) is 5.38. The Hall–Kier alpha value is -5.23. The maximum Gasteiger partial charge on any atom is 0.416 e. The Labute approximate surface area is 257 Å². The molecular weight excluding hydrogens is 591 g/mol. The smallest absolute Gasteiger partial charge is 0.416 e. The molecule has 1 aliphatic rings. The van der Waals surface area contributed by atoms with Crippen molar-refractivity contribution in [2.75, 3.05) is 32.6 Å². The van der Waals surface area contributed by atoms with Crippen molar-refractivity contribution in [1.29, 1.82) is 10.7 Å². The number of benzene rings is 2. The molecule has 12 nitrogen and oxygen atoms in total. The highest BCUT2D eigenvalue weighted by atomic mass is 19.4. The second-order valence-corrected chi connectivity index (χ2v) is 11.2. The number of ether oxygens (including phenoxy) is 1. The Kier molecular flexibility index (Phi) is 9.01. The van der Waals surface area contributed by atoms with Gasteiger partial charge in [0.05, 0.1) is 50.5 Å². The second kappa shape index (κ2) is 12.4. The van der Waals surface area contributed by atoms with Gasteiger partial charge in [0.15, 0.2) is 5.82 Å². The van der Waals surface area contributed by atoms with Gasteiger partial charge < -0.3 is 15.0 Å². The predicted octanol–water partition coefficient (Wildman–Crippen LogP) is 3.85. The number of aromatic nitrogens is 3. The molecule has 1 aromatic heterocycles. The van der Waals surface area contributed by atoms with Gasteiger partial charge in [-0.2, -0.15) is 23.5 Å². The summed E-state index contributed by atoms with van der Waals surface area (Å²) in [5.74, 6) is -0.680. The molecule has 1 atom stereocenters. The number of methoxy groups -OCH3 is 1. The molecule has 0 aliphatic carbocycles. The molecule has 2 amide bonds. The van der Waals surface area contributed by atoms with E-state index < -0.39 is 35.7 Å². The lowest BCUT2D eigenvalue weighted by atomic mass is 9.87. The van der Waals surface area contributed by atoms with E-state index in [0.717, 1.165) is 40.9 Å². The largest absolute Gasteiger partial charge is 0.466 e. The molecule has 0 radical (unpaired) electrons. The minimum Gasteiger partial charge on any atom is -0.466 e. The van der Waals surface area contributed by atoms with Gasteiger partial charge in [-0.3, -0.25) is 15.2 Å². The van der Waals surface area contributed by atoms with Crippen molar-refractivity contribution in [2.24, 2.45) is 12.8 Å². The van der Waals surface area contributed by atoms with E-state index in [0.29, 0.717) is 40.7 Å². The molecule has 2 aromatic carbocycles. The number of hydrogen-bond donors (Lipinski definition) is 2. The number of esters is 1. The molecule has 3 N–H and O–H groups in total. The number of aryl methyl sites for hydroxylation is 1. The molecule has 3 aromatic rings. The lowest BCUT2D eigenvalue weighted by Gasteiger charge is -2.43. The number of allylic oxidation sites excluding steroid dienone is 1. The van der Waals surface area contributed by atoms with Gasteiger partial charge in [0, 0.05) is 24.9 Å². The van der Waals surface area contributed by atoms with Crippen molar-refractivity contribution in [2.45, 2.75) is 32.1 Å². The first-order valence-corrected chi connectivity index (χ1v) is 13.7. The number of hydrogen-bond acceptors (Lipinski definition) is 7. The van der Waals surface area contributed by atoms with Crippen LogP contribution in [0.15, 0.2) is 60.1 Å². The molecular formula is C30H33F3N9O3+. The number of halogens is 3. The summed E-state index contributed by atoms with van der Waals surface area (Å²) in [5.41, 5.74) is 6.01. The average molecular weight is 625 g/mol. The van der Waals surface area contributed by atoms with Crippen LogP contribution in [-0.4, -0.2) is 69.9 Å². The highest BCUT2D eigenvalue weighted by Crippen LogP contribution is 2.42. The highest BCUT2D eigenvalue weighted by Gasteiger charge is 2.44. The molecule has 2 heterocycles. The number of carbonyl (C=O) groups is 2. The molecule has 0 fully saturated rings. The Morgan fingerprint density at radius 2 is 1.91 bits per heavy atom. The van der Waals surface area contributed by atoms with Crippen molar-refractivity contribution in [3.05, 3.63) is 88.1 Å². The summed E-state index contributed by atoms with van der Waals surface area (Å²) < 4.78 is 48.0. The molecule has 0 saturated heterocycles. The third-order valence-corrected chi connectivity index (χ3v) is 7.70. The van der Waals surface area contributed by atoms with Crippen molar-refractivity contribution in [1.82, 2.24) is 19.7 Å². The van der Waals surface area contributed by atoms with E-state index in [1.165, 1.54) is 25.4 Å². The van der Waals surface area contributed by atoms with E-state index in [1.54, 1.807) is 23.9 Å². The number of nitriles is 1. The number of guanidine groups is 1. The normalized spacial score (nSPS) is 15.7. The average Bonchev–Trinajstić information content (AvgIpc) is 3.37. The number of nitrogens with two attached hydrogens (primary N) is 1. The van der Waals surface area contributed by atoms with Gasteiger partial charge in [-0.1, -0.05) is 12.1 Å². The van der Waals surface area contributed by atoms with Crippen LogP contribution in [0.5, 0.6) is 0 Å². The molecule has 15 heteroatoms. The first-order valence-electron chi connectivity index (χ1n) is 13.7. The minimum absolute atomic E-state index is 0.0716. The molecule has 1 aliphatic heterocycles. The summed E-state index contributed by atoms with van der Waals surface area (Å²) in [6, 6.07) is 8.63. The summed E-state index contributed by atoms with van der Waals surface area (Å²) in [7, 11) is 6.91. The molecule has 236 valence electrons. The SMILES string of the molecule is COC(=O)C1=C(C)N(c2cccc(C(F)(F)F)c2)C(=N)N(C(N)=O)[C@@H]1c1ccc(C#N)cc1CC[N+](C)(C)Cc1ncnn1C. The Morgan fingerprint density at radius 1 is 1.20 bits per heavy atom. The van der Waals surface area contributed by atoms with E-state index in [4.69, 9.17) is 15.9 Å². The monoisotopic (exact) mass is 624 g/mol. The van der Waals surface area contributed by atoms with Gasteiger partial charge in [-0.05, 0) is 48.4 Å². The minimum atomic E-state index is -4.68. The van der Waals surface area contributed by atoms with E-state index in [2.05, 4.69) is 16.2 Å². The van der Waals surface area contributed by atoms with Gasteiger partial charge in [0.1, 0.15) is 18.9 Å². The van der Waals surface area contributed by atoms with Crippen LogP contribution < -0.4 is 10.6 Å². The van der Waals surface area contributed by atoms with Gasteiger partial charge >= 0.3 is 18.2 Å². The van der Waals surface area contributed by atoms with Gasteiger partial charge in [0.25, 0.3) is 0 Å². The highest BCUT2D eigenvalue weighted by molar-refractivity contribution is 6.10. The van der Waals surface area contributed by atoms with Gasteiger partial charge in [0.2, 0.25) is 5.96 Å². The fourth-order valence-electron chi connectivity index (χ4n) is 5.38. The van der Waals surface area contributed by atoms with Gasteiger partial charge in [-0.25, -0.2) is 19.3 Å². The van der Waals surface area contributed by atoms with Crippen LogP contribution in [0, 0.1) is 16.7 Å². The van der Waals surface area contributed by atoms with E-state index >= 15 is 0 Å². The quantitative estimate of drug-likeness (QED) is 0.285. The first kappa shape index (κ1) is 32.7. The number of nitrogens with one attached hydrogen (secondary N) is 1. The number of quaternary nitrogens is 1. The topological polar surface area (TPSA) is 154 Å². The molecule has 0 spiro atoms. The zero-order chi connectivity index (χ0) is 33.3. The number of likely N-dealkylation sites (N-methyl/N-ethyl adjacent to an activating group) is 1. The van der Waals surface area contributed by atoms with Crippen LogP contribution in [0.4, 0.5) is 23.7 Å². The van der Waals surface area contributed by atoms with E-state index in [1.807, 2.05) is 14.1 Å². The summed E-state index contributed by atoms with van der Waals surface area (Å²) in [5, 5.41) is 22.8. The van der Waals surface area contributed by atoms with Crippen LogP contribution >= 0.6 is 0 Å². The maximum absolute atomic E-state index is 13.6. The summed E-state index contributed by atoms with van der Waals surface area (Å²) >= 11 is 0. The first-order chi connectivity index (χ1) is 21.1. The number of urea groups is 1. The standard InChI is InChI=1S/C30H32F3N9O3/c1-18-25(27(43)45-5)26(41(29(36)44)28(35)40(18)22-8-6-7-21(14-22)30(31,32)33)23-10-9-19(15-34)13-20(23)11-12-42(3,4)16-24-37-17-38-39(24)2/h6-10,13-14,17,26,35H,11-12,16H2,1-5H3,(H-,36,44)/p+1/t26-/m1/s1. The molecule has 0 saturated carbocycles. The van der Waals surface area contributed by atoms with Crippen molar-refractivity contribution >= 4 is 23.6 Å². The number of amides is 2. The molecule has 4 rings (SSSR count). The lowest BCUT2D eigenvalue weighted by molar-refractivity contribution is -0.904. The van der Waals surface area contributed by atoms with Crippen LogP contribution in [0.3, 0.4) is 0 Å². The predicted molar refractivity (Wildman–Crippen MR) is 157 cm³/mol. The number of primary amides is 1. The number of carbonyl (C=O) groups excluding carboxylic acids is 2. The Bertz CT molecular complexity index is 1720. The number of nitrogens with zero attached hydrogens (tertiary/aromatic N) is 7. The van der Waals surface area contributed by atoms with Crippen LogP contribution in [0.2, 0.25) is 0 Å². The number of alkyl halides is 3. The van der Waals surface area contributed by atoms with E-state index in [9.17, 15) is 28.0 Å². The number of anilines is 1. The zero-order valence-electron chi connectivity index (χ0n) is 25.4. The Morgan fingerprint density at radius 3 is 2.49 bits per heavy atom. The zero-order valence-corrected chi connectivity index (χ0v) is 25.4. The van der Waals surface area contributed by atoms with E-state index in [-0.39, 0.29) is 17.0 Å². The molecule has 0 bridgehead atoms. The second-order valence-electron chi connectivity index (χ2n) is 11.2. The van der Waals surface area contributed by atoms with Gasteiger partial charge in [-0.15, -0.1) is 0 Å². The van der Waals surface area contributed by atoms with Crippen molar-refractivity contribution < 1.29 is 32.0 Å². The lowest BCUT2D eigenvalue weighted by Crippen LogP contribution is -2.55. The third kappa shape index (κ3) is 6.65. The van der Waals surface area contributed by atoms with Crippen molar-refractivity contribution in [3.8, 4) is 6.07 Å². The summed E-state index contributed by atoms with van der Waals surface area (Å²) in [6.45, 7) is 2.52. The molecule has 0 unspecified atom stereocenters. The van der Waals surface area contributed by atoms with Crippen molar-refractivity contribution in [3.63, 3.8) is 0 Å². The summed E-state index contributed by atoms with van der Waals surface area (Å²) in [6.07, 6.45) is -2.85. The molecule has 45 heavy (non-hydrogen) atoms. The van der Waals surface area contributed by atoms with Crippen LogP contribution in [0.1, 0.15) is 41.0 Å². The third-order valence-electron chi connectivity index (χ3n) is 7.70. The number of rotatable bonds is 8. The van der Waals surface area contributed by atoms with Crippen LogP contribution in [-0.2, 0) is 35.7 Å². The summed E-state index contributed by atoms with van der Waals surface area (Å²) in [4.78, 5) is 32.6. The van der Waals surface area contributed by atoms with Crippen LogP contribution in [0.25, 0.3) is 0 Å². The fraction of sp³-hybridized carbons (Fsp3) is 0.333. The maximum atomic E-state index is 13.6.